The summed E-state index contributed by atoms with van der Waals surface area (Å²) in [5, 5.41) is 3.71. The summed E-state index contributed by atoms with van der Waals surface area (Å²) in [5.74, 6) is 0. The van der Waals surface area contributed by atoms with Gasteiger partial charge in [0.25, 0.3) is 0 Å². The molecule has 2 aliphatic carbocycles. The third-order valence-electron chi connectivity index (χ3n) is 5.99. The minimum Gasteiger partial charge on any atom is -0.375 e. The minimum atomic E-state index is 0.148. The number of nitrogens with one attached hydrogen (secondary N) is 1. The van der Waals surface area contributed by atoms with Crippen molar-refractivity contribution in [3.63, 3.8) is 0 Å². The molecule has 1 unspecified atom stereocenters. The Kier molecular flexibility index (Phi) is 3.95. The summed E-state index contributed by atoms with van der Waals surface area (Å²) >= 11 is 0. The third-order valence-corrected chi connectivity index (χ3v) is 5.99. The Morgan fingerprint density at radius 1 is 1.18 bits per heavy atom. The lowest BCUT2D eigenvalue weighted by Gasteiger charge is -2.46. The van der Waals surface area contributed by atoms with Crippen LogP contribution >= 0.6 is 0 Å². The molecular formula is C19H28N2O. The number of aromatic nitrogens is 1. The first kappa shape index (κ1) is 14.6. The van der Waals surface area contributed by atoms with Crippen LogP contribution in [0.5, 0.6) is 0 Å². The first-order chi connectivity index (χ1) is 10.8. The first-order valence-electron chi connectivity index (χ1n) is 9.09. The molecule has 0 bridgehead atoms. The molecule has 0 amide bonds. The van der Waals surface area contributed by atoms with Crippen LogP contribution in [0.4, 0.5) is 0 Å². The Balaban J connectivity index is 1.56. The molecule has 1 spiro atoms. The molecule has 3 fully saturated rings. The molecule has 1 saturated heterocycles. The molecule has 22 heavy (non-hydrogen) atoms. The van der Waals surface area contributed by atoms with Crippen molar-refractivity contribution in [3.8, 4) is 0 Å². The van der Waals surface area contributed by atoms with E-state index in [1.807, 2.05) is 12.3 Å². The van der Waals surface area contributed by atoms with Crippen LogP contribution in [0, 0.1) is 0 Å². The molecule has 3 nitrogen and oxygen atoms in total. The van der Waals surface area contributed by atoms with Crippen LogP contribution < -0.4 is 5.32 Å². The van der Waals surface area contributed by atoms with Crippen molar-refractivity contribution in [1.29, 1.82) is 0 Å². The van der Waals surface area contributed by atoms with Crippen LogP contribution in [-0.2, 0) is 10.2 Å². The predicted molar refractivity (Wildman–Crippen MR) is 87.9 cm³/mol. The lowest BCUT2D eigenvalue weighted by molar-refractivity contribution is -0.104. The zero-order chi connectivity index (χ0) is 14.9. The van der Waals surface area contributed by atoms with Crippen molar-refractivity contribution >= 4 is 0 Å². The Hall–Kier alpha value is -0.930. The minimum absolute atomic E-state index is 0.148. The summed E-state index contributed by atoms with van der Waals surface area (Å²) in [7, 11) is 0. The van der Waals surface area contributed by atoms with Crippen LogP contribution in [0.1, 0.15) is 63.5 Å². The fraction of sp³-hybridized carbons (Fsp3) is 0.737. The molecule has 2 saturated carbocycles. The smallest absolute Gasteiger partial charge is 0.0691 e. The summed E-state index contributed by atoms with van der Waals surface area (Å²) in [6, 6.07) is 7.21. The van der Waals surface area contributed by atoms with Gasteiger partial charge >= 0.3 is 0 Å². The third kappa shape index (κ3) is 2.93. The Morgan fingerprint density at radius 2 is 2.05 bits per heavy atom. The van der Waals surface area contributed by atoms with Gasteiger partial charge in [-0.2, -0.15) is 0 Å². The highest BCUT2D eigenvalue weighted by atomic mass is 16.5. The summed E-state index contributed by atoms with van der Waals surface area (Å²) in [6.45, 7) is 2.03. The Labute approximate surface area is 133 Å². The predicted octanol–water partition coefficient (Wildman–Crippen LogP) is 3.58. The Bertz CT molecular complexity index is 493. The van der Waals surface area contributed by atoms with Gasteiger partial charge in [-0.1, -0.05) is 18.9 Å². The number of hydrogen-bond donors (Lipinski definition) is 1. The van der Waals surface area contributed by atoms with Gasteiger partial charge in [0.05, 0.1) is 5.60 Å². The maximum absolute atomic E-state index is 6.29. The van der Waals surface area contributed by atoms with Crippen molar-refractivity contribution in [2.45, 2.75) is 74.8 Å². The molecule has 2 heterocycles. The SMILES string of the molecule is c1ccc(C2(CCNC3CC3)CCOC3(CCCC3)C2)nc1. The quantitative estimate of drug-likeness (QED) is 0.902. The molecule has 1 aromatic rings. The highest BCUT2D eigenvalue weighted by molar-refractivity contribution is 5.20. The lowest BCUT2D eigenvalue weighted by Crippen LogP contribution is -2.47. The van der Waals surface area contributed by atoms with E-state index in [1.54, 1.807) is 0 Å². The van der Waals surface area contributed by atoms with Gasteiger partial charge in [0.2, 0.25) is 0 Å². The number of pyridine rings is 1. The molecule has 120 valence electrons. The number of hydrogen-bond acceptors (Lipinski definition) is 3. The molecule has 1 aromatic heterocycles. The molecule has 3 heteroatoms. The van der Waals surface area contributed by atoms with Gasteiger partial charge in [-0.25, -0.2) is 0 Å². The van der Waals surface area contributed by atoms with Crippen molar-refractivity contribution in [2.75, 3.05) is 13.2 Å². The standard InChI is InChI=1S/C19H28N2O/c1-4-12-21-17(5-1)18(10-13-20-16-6-7-16)11-14-22-19(15-18)8-2-3-9-19/h1,4-5,12,16,20H,2-3,6-11,13-15H2. The average Bonchev–Trinajstić information content (AvgIpc) is 3.28. The second-order valence-corrected chi connectivity index (χ2v) is 7.64. The normalized spacial score (nSPS) is 30.7. The summed E-state index contributed by atoms with van der Waals surface area (Å²) in [5.41, 5.74) is 1.66. The maximum atomic E-state index is 6.29. The van der Waals surface area contributed by atoms with Crippen LogP contribution in [0.25, 0.3) is 0 Å². The highest BCUT2D eigenvalue weighted by Crippen LogP contribution is 2.49. The number of nitrogens with zero attached hydrogens (tertiary/aromatic N) is 1. The van der Waals surface area contributed by atoms with Crippen LogP contribution in [0.15, 0.2) is 24.4 Å². The van der Waals surface area contributed by atoms with Gasteiger partial charge in [-0.3, -0.25) is 4.98 Å². The second-order valence-electron chi connectivity index (χ2n) is 7.64. The van der Waals surface area contributed by atoms with Gasteiger partial charge < -0.3 is 10.1 Å². The number of ether oxygens (including phenoxy) is 1. The molecule has 3 aliphatic rings. The van der Waals surface area contributed by atoms with E-state index in [9.17, 15) is 0 Å². The molecular weight excluding hydrogens is 272 g/mol. The lowest BCUT2D eigenvalue weighted by atomic mass is 9.68. The monoisotopic (exact) mass is 300 g/mol. The largest absolute Gasteiger partial charge is 0.375 e. The molecule has 1 atom stereocenters. The van der Waals surface area contributed by atoms with E-state index in [0.29, 0.717) is 0 Å². The summed E-state index contributed by atoms with van der Waals surface area (Å²) in [6.07, 6.45) is 13.3. The molecule has 0 radical (unpaired) electrons. The van der Waals surface area contributed by atoms with E-state index in [4.69, 9.17) is 9.72 Å². The van der Waals surface area contributed by atoms with Crippen molar-refractivity contribution < 1.29 is 4.74 Å². The molecule has 1 aliphatic heterocycles. The van der Waals surface area contributed by atoms with Crippen LogP contribution in [0.3, 0.4) is 0 Å². The van der Waals surface area contributed by atoms with Gasteiger partial charge in [-0.05, 0) is 63.6 Å². The Morgan fingerprint density at radius 3 is 2.77 bits per heavy atom. The zero-order valence-corrected chi connectivity index (χ0v) is 13.5. The van der Waals surface area contributed by atoms with E-state index in [0.717, 1.165) is 25.6 Å². The fourth-order valence-electron chi connectivity index (χ4n) is 4.60. The van der Waals surface area contributed by atoms with Crippen molar-refractivity contribution in [3.05, 3.63) is 30.1 Å². The molecule has 1 N–H and O–H groups in total. The fourth-order valence-corrected chi connectivity index (χ4v) is 4.60. The van der Waals surface area contributed by atoms with Gasteiger partial charge in [0.1, 0.15) is 0 Å². The first-order valence-corrected chi connectivity index (χ1v) is 9.09. The summed E-state index contributed by atoms with van der Waals surface area (Å²) in [4.78, 5) is 4.76. The van der Waals surface area contributed by atoms with Gasteiger partial charge in [0, 0.05) is 30.0 Å². The van der Waals surface area contributed by atoms with Gasteiger partial charge in [-0.15, -0.1) is 0 Å². The average molecular weight is 300 g/mol. The van der Waals surface area contributed by atoms with E-state index < -0.39 is 0 Å². The highest BCUT2D eigenvalue weighted by Gasteiger charge is 2.48. The van der Waals surface area contributed by atoms with E-state index >= 15 is 0 Å². The topological polar surface area (TPSA) is 34.1 Å². The van der Waals surface area contributed by atoms with E-state index in [-0.39, 0.29) is 11.0 Å². The van der Waals surface area contributed by atoms with E-state index in [1.165, 1.54) is 57.1 Å². The zero-order valence-electron chi connectivity index (χ0n) is 13.5. The summed E-state index contributed by atoms with van der Waals surface area (Å²) < 4.78 is 6.29. The van der Waals surface area contributed by atoms with Crippen LogP contribution in [-0.4, -0.2) is 29.8 Å². The second kappa shape index (κ2) is 5.93. The number of rotatable bonds is 5. The molecule has 4 rings (SSSR count). The molecule has 0 aromatic carbocycles. The van der Waals surface area contributed by atoms with E-state index in [2.05, 4.69) is 17.4 Å². The van der Waals surface area contributed by atoms with Crippen molar-refractivity contribution in [2.24, 2.45) is 0 Å². The maximum Gasteiger partial charge on any atom is 0.0691 e. The van der Waals surface area contributed by atoms with Crippen LogP contribution in [0.2, 0.25) is 0 Å². The van der Waals surface area contributed by atoms with Gasteiger partial charge in [0.15, 0.2) is 0 Å². The van der Waals surface area contributed by atoms with Crippen molar-refractivity contribution in [1.82, 2.24) is 10.3 Å².